The monoisotopic (exact) mass is 1060 g/mol. The number of aliphatic hydroxyl groups excluding tert-OH is 3. The Morgan fingerprint density at radius 1 is 1.04 bits per heavy atom. The summed E-state index contributed by atoms with van der Waals surface area (Å²) in [5, 5.41) is 41.8. The number of nitrogen functional groups attached to an aromatic ring is 2. The molecule has 0 saturated carbocycles. The van der Waals surface area contributed by atoms with Crippen LogP contribution in [0.2, 0.25) is 5.15 Å². The molecule has 3 aromatic rings. The third-order valence-electron chi connectivity index (χ3n) is 8.72. The van der Waals surface area contributed by atoms with Gasteiger partial charge in [0, 0.05) is 18.7 Å². The number of nitrogens with two attached hydrogens (primary N) is 3. The SMILES string of the molecule is CCCCCCN(CCOc1ccc(CCCCN)cc1)CC(O)C(O)C1OC(c2ccccc2)OCC1O.CSC(=N)NC(=O)c1nc(Cl)c(N)nc1N.I.I. The summed E-state index contributed by atoms with van der Waals surface area (Å²) in [6, 6.07) is 17.6. The number of amides is 1. The fraction of sp³-hybridized carbons (Fsp3) is 0.526. The largest absolute Gasteiger partial charge is 0.492 e. The fourth-order valence-corrected chi connectivity index (χ4v) is 5.96. The normalized spacial score (nSPS) is 17.2. The number of aliphatic hydroxyl groups is 3. The minimum absolute atomic E-state index is 0. The molecule has 1 amide bonds. The summed E-state index contributed by atoms with van der Waals surface area (Å²) < 4.78 is 17.5. The van der Waals surface area contributed by atoms with Crippen LogP contribution in [0.15, 0.2) is 54.6 Å². The van der Waals surface area contributed by atoms with Crippen molar-refractivity contribution in [3.63, 3.8) is 0 Å². The van der Waals surface area contributed by atoms with Gasteiger partial charge in [0.25, 0.3) is 5.91 Å². The number of thioether (sulfide) groups is 1. The lowest BCUT2D eigenvalue weighted by molar-refractivity contribution is -0.283. The topological polar surface area (TPSA) is 248 Å². The van der Waals surface area contributed by atoms with Crippen LogP contribution in [0.1, 0.15) is 73.4 Å². The number of carbonyl (C=O) groups excluding carboxylic acids is 1. The van der Waals surface area contributed by atoms with Gasteiger partial charge in [-0.05, 0) is 62.7 Å². The number of benzene rings is 2. The number of unbranched alkanes of at least 4 members (excludes halogenated alkanes) is 4. The van der Waals surface area contributed by atoms with E-state index in [0.717, 1.165) is 81.1 Å². The number of carbonyl (C=O) groups is 1. The van der Waals surface area contributed by atoms with E-state index in [-0.39, 0.29) is 88.8 Å². The number of hydrogen-bond acceptors (Lipinski definition) is 15. The zero-order chi connectivity index (χ0) is 40.2. The Morgan fingerprint density at radius 2 is 1.74 bits per heavy atom. The number of ether oxygens (including phenoxy) is 3. The van der Waals surface area contributed by atoms with Crippen molar-refractivity contribution in [2.75, 3.05) is 57.1 Å². The van der Waals surface area contributed by atoms with E-state index in [1.807, 2.05) is 42.5 Å². The number of anilines is 2. The van der Waals surface area contributed by atoms with Gasteiger partial charge in [-0.25, -0.2) is 9.97 Å². The van der Waals surface area contributed by atoms with Gasteiger partial charge in [0.05, 0.1) is 12.7 Å². The molecule has 1 aliphatic rings. The second-order valence-corrected chi connectivity index (χ2v) is 14.2. The van der Waals surface area contributed by atoms with Gasteiger partial charge in [0.2, 0.25) is 0 Å². The maximum absolute atomic E-state index is 11.6. The number of halogens is 3. The Morgan fingerprint density at radius 3 is 2.39 bits per heavy atom. The molecule has 2 heterocycles. The van der Waals surface area contributed by atoms with E-state index in [4.69, 9.17) is 48.4 Å². The summed E-state index contributed by atoms with van der Waals surface area (Å²) in [5.74, 6) is -0.00927. The first kappa shape index (κ1) is 52.9. The molecule has 5 unspecified atom stereocenters. The molecular weight excluding hydrogens is 1000 g/mol. The van der Waals surface area contributed by atoms with E-state index >= 15 is 0 Å². The van der Waals surface area contributed by atoms with E-state index in [1.54, 1.807) is 6.26 Å². The molecule has 19 heteroatoms. The van der Waals surface area contributed by atoms with Crippen molar-refractivity contribution in [3.8, 4) is 5.75 Å². The lowest BCUT2D eigenvalue weighted by atomic mass is 10.0. The molecule has 5 atom stereocenters. The molecule has 1 aliphatic heterocycles. The predicted octanol–water partition coefficient (Wildman–Crippen LogP) is 4.98. The Labute approximate surface area is 379 Å². The van der Waals surface area contributed by atoms with Gasteiger partial charge in [-0.2, -0.15) is 0 Å². The second kappa shape index (κ2) is 29.2. The van der Waals surface area contributed by atoms with Gasteiger partial charge in [0.1, 0.15) is 30.7 Å². The van der Waals surface area contributed by atoms with Crippen LogP contribution in [0, 0.1) is 5.41 Å². The third kappa shape index (κ3) is 18.8. The molecule has 0 aliphatic carbocycles. The molecule has 320 valence electrons. The van der Waals surface area contributed by atoms with Crippen LogP contribution in [0.25, 0.3) is 0 Å². The van der Waals surface area contributed by atoms with Crippen molar-refractivity contribution in [1.82, 2.24) is 20.2 Å². The Kier molecular flexibility index (Phi) is 27.1. The molecule has 1 saturated heterocycles. The van der Waals surface area contributed by atoms with E-state index in [9.17, 15) is 20.1 Å². The molecule has 2 aromatic carbocycles. The number of aryl methyl sites for hydroxylation is 1. The first-order valence-electron chi connectivity index (χ1n) is 18.5. The molecule has 11 N–H and O–H groups in total. The highest BCUT2D eigenvalue weighted by Gasteiger charge is 2.39. The summed E-state index contributed by atoms with van der Waals surface area (Å²) in [5.41, 5.74) is 18.3. The first-order chi connectivity index (χ1) is 26.5. The molecule has 0 spiro atoms. The molecule has 15 nitrogen and oxygen atoms in total. The maximum atomic E-state index is 11.6. The number of nitrogens with zero attached hydrogens (tertiary/aromatic N) is 3. The quantitative estimate of drug-likeness (QED) is 0.0342. The number of nitrogens with one attached hydrogen (secondary N) is 2. The number of hydrogen-bond donors (Lipinski definition) is 8. The molecule has 4 rings (SSSR count). The lowest BCUT2D eigenvalue weighted by Gasteiger charge is -2.38. The Hall–Kier alpha value is -2.12. The van der Waals surface area contributed by atoms with Gasteiger partial charge in [-0.3, -0.25) is 15.1 Å². The van der Waals surface area contributed by atoms with Crippen molar-refractivity contribution in [2.24, 2.45) is 5.73 Å². The summed E-state index contributed by atoms with van der Waals surface area (Å²) in [6.07, 6.45) is 4.14. The first-order valence-corrected chi connectivity index (χ1v) is 20.1. The fourth-order valence-electron chi connectivity index (χ4n) is 5.64. The van der Waals surface area contributed by atoms with E-state index < -0.39 is 36.6 Å². The molecule has 0 bridgehead atoms. The summed E-state index contributed by atoms with van der Waals surface area (Å²) in [4.78, 5) is 21.0. The molecule has 57 heavy (non-hydrogen) atoms. The second-order valence-electron chi connectivity index (χ2n) is 13.0. The van der Waals surface area contributed by atoms with Crippen LogP contribution >= 0.6 is 71.3 Å². The molecule has 1 fully saturated rings. The number of rotatable bonds is 19. The van der Waals surface area contributed by atoms with Crippen LogP contribution in [-0.4, -0.2) is 111 Å². The average Bonchev–Trinajstić information content (AvgIpc) is 3.18. The van der Waals surface area contributed by atoms with Gasteiger partial charge >= 0.3 is 0 Å². The van der Waals surface area contributed by atoms with Gasteiger partial charge in [-0.1, -0.05) is 92.0 Å². The summed E-state index contributed by atoms with van der Waals surface area (Å²) in [7, 11) is 0. The smallest absolute Gasteiger partial charge is 0.279 e. The Balaban J connectivity index is 0.000000760. The molecule has 1 aromatic heterocycles. The van der Waals surface area contributed by atoms with Crippen LogP contribution in [-0.2, 0) is 15.9 Å². The standard InChI is InChI=1S/C31H48N2O6.C7H9ClN6OS.2HI/c1-2-3-4-10-19-33(20-21-37-26-16-14-24(15-17-26)11-8-9-18-32)22-27(34)29(36)30-28(35)23-38-31(39-30)25-12-6-5-7-13-25;1-16-7(11)14-6(15)2-4(9)13-5(10)3(8)12-2;;/h5-7,12-17,27-31,34-36H,2-4,8-11,18-23,32H2,1H3;1H3,(H4,9,10,13)(H2,11,14,15);2*1H. The van der Waals surface area contributed by atoms with Crippen molar-refractivity contribution >= 4 is 94.0 Å². The van der Waals surface area contributed by atoms with Crippen molar-refractivity contribution in [3.05, 3.63) is 76.6 Å². The van der Waals surface area contributed by atoms with Crippen LogP contribution in [0.3, 0.4) is 0 Å². The number of aromatic nitrogens is 2. The molecule has 0 radical (unpaired) electrons. The maximum Gasteiger partial charge on any atom is 0.279 e. The minimum atomic E-state index is -1.26. The highest BCUT2D eigenvalue weighted by Crippen LogP contribution is 2.29. The van der Waals surface area contributed by atoms with Crippen molar-refractivity contribution in [1.29, 1.82) is 5.41 Å². The van der Waals surface area contributed by atoms with Gasteiger partial charge < -0.3 is 52.0 Å². The Bertz CT molecular complexity index is 1590. The third-order valence-corrected chi connectivity index (χ3v) is 9.51. The van der Waals surface area contributed by atoms with Crippen molar-refractivity contribution < 1.29 is 34.3 Å². The number of amidine groups is 1. The summed E-state index contributed by atoms with van der Waals surface area (Å²) >= 11 is 6.67. The highest BCUT2D eigenvalue weighted by atomic mass is 127. The van der Waals surface area contributed by atoms with E-state index in [1.165, 1.54) is 5.56 Å². The van der Waals surface area contributed by atoms with Crippen LogP contribution < -0.4 is 27.3 Å². The van der Waals surface area contributed by atoms with Crippen molar-refractivity contribution in [2.45, 2.75) is 82.6 Å². The van der Waals surface area contributed by atoms with Gasteiger partial charge in [-0.15, -0.1) is 48.0 Å². The highest BCUT2D eigenvalue weighted by molar-refractivity contribution is 14.0. The molecular formula is C38H59ClI2N8O7S. The van der Waals surface area contributed by atoms with E-state index in [2.05, 4.69) is 39.2 Å². The summed E-state index contributed by atoms with van der Waals surface area (Å²) in [6.45, 7) is 5.04. The zero-order valence-electron chi connectivity index (χ0n) is 32.4. The van der Waals surface area contributed by atoms with Crippen LogP contribution in [0.5, 0.6) is 5.75 Å². The van der Waals surface area contributed by atoms with Crippen LogP contribution in [0.4, 0.5) is 11.6 Å². The average molecular weight is 1060 g/mol. The van der Waals surface area contributed by atoms with Gasteiger partial charge in [0.15, 0.2) is 33.9 Å². The minimum Gasteiger partial charge on any atom is -0.492 e. The van der Waals surface area contributed by atoms with E-state index in [0.29, 0.717) is 13.2 Å². The zero-order valence-corrected chi connectivity index (χ0v) is 38.7. The predicted molar refractivity (Wildman–Crippen MR) is 248 cm³/mol. The lowest BCUT2D eigenvalue weighted by Crippen LogP contribution is -2.54.